The minimum absolute atomic E-state index is 0.135. The van der Waals surface area contributed by atoms with E-state index in [0.29, 0.717) is 5.01 Å². The Balaban J connectivity index is 2.25. The lowest BCUT2D eigenvalue weighted by molar-refractivity contribution is 0.0942. The van der Waals surface area contributed by atoms with Crippen LogP contribution in [0.1, 0.15) is 65.5 Å². The summed E-state index contributed by atoms with van der Waals surface area (Å²) in [5.74, 6) is -0.892. The number of rotatable bonds is 6. The smallest absolute Gasteiger partial charge is 0.224 e. The molecule has 21 heavy (non-hydrogen) atoms. The first-order valence-corrected chi connectivity index (χ1v) is 7.81. The lowest BCUT2D eigenvalue weighted by Gasteiger charge is -2.06. The first kappa shape index (κ1) is 15.4. The van der Waals surface area contributed by atoms with Crippen molar-refractivity contribution in [3.63, 3.8) is 0 Å². The van der Waals surface area contributed by atoms with Crippen molar-refractivity contribution in [1.29, 1.82) is 5.26 Å². The number of ketones is 1. The van der Waals surface area contributed by atoms with E-state index in [0.717, 1.165) is 24.2 Å². The normalized spacial score (nSPS) is 12.3. The van der Waals surface area contributed by atoms with Gasteiger partial charge in [0.05, 0.1) is 11.8 Å². The average molecular weight is 303 g/mol. The molecule has 0 aliphatic heterocycles. The lowest BCUT2D eigenvalue weighted by atomic mass is 9.98. The van der Waals surface area contributed by atoms with Crippen LogP contribution in [0.3, 0.4) is 0 Å². The van der Waals surface area contributed by atoms with Crippen molar-refractivity contribution < 1.29 is 9.32 Å². The van der Waals surface area contributed by atoms with E-state index in [1.54, 1.807) is 6.07 Å². The molecule has 2 aromatic heterocycles. The third kappa shape index (κ3) is 3.19. The van der Waals surface area contributed by atoms with Crippen molar-refractivity contribution in [3.05, 3.63) is 33.6 Å². The minimum atomic E-state index is -0.925. The average Bonchev–Trinajstić information content (AvgIpc) is 3.11. The molecule has 2 rings (SSSR count). The van der Waals surface area contributed by atoms with Gasteiger partial charge in [-0.3, -0.25) is 4.79 Å². The molecule has 0 bridgehead atoms. The zero-order valence-electron chi connectivity index (χ0n) is 12.3. The van der Waals surface area contributed by atoms with Crippen LogP contribution in [0.15, 0.2) is 16.0 Å². The Bertz CT molecular complexity index is 665. The second-order valence-corrected chi connectivity index (χ2v) is 5.77. The summed E-state index contributed by atoms with van der Waals surface area (Å²) in [6.07, 6.45) is 1.87. The molecule has 5 nitrogen and oxygen atoms in total. The summed E-state index contributed by atoms with van der Waals surface area (Å²) in [5, 5.41) is 15.6. The zero-order chi connectivity index (χ0) is 15.4. The molecule has 0 saturated carbocycles. The summed E-state index contributed by atoms with van der Waals surface area (Å²) in [6, 6.07) is 3.66. The number of hydrogen-bond acceptors (Lipinski definition) is 6. The van der Waals surface area contributed by atoms with Gasteiger partial charge in [0, 0.05) is 23.1 Å². The highest BCUT2D eigenvalue weighted by molar-refractivity contribution is 7.10. The predicted molar refractivity (Wildman–Crippen MR) is 79.4 cm³/mol. The molecule has 0 aliphatic rings. The predicted octanol–water partition coefficient (Wildman–Crippen LogP) is 3.83. The van der Waals surface area contributed by atoms with Crippen molar-refractivity contribution in [3.8, 4) is 6.07 Å². The topological polar surface area (TPSA) is 79.8 Å². The number of nitrogens with zero attached hydrogens (tertiary/aromatic N) is 3. The number of nitriles is 1. The Morgan fingerprint density at radius 1 is 1.48 bits per heavy atom. The van der Waals surface area contributed by atoms with Gasteiger partial charge in [0.25, 0.3) is 0 Å². The molecule has 2 heterocycles. The Morgan fingerprint density at radius 3 is 2.71 bits per heavy atom. The highest BCUT2D eigenvalue weighted by Gasteiger charge is 2.28. The maximum atomic E-state index is 12.4. The largest absolute Gasteiger partial charge is 0.353 e. The summed E-state index contributed by atoms with van der Waals surface area (Å²) >= 11 is 1.31. The molecule has 0 spiro atoms. The fraction of sp³-hybridized carbons (Fsp3) is 0.467. The second kappa shape index (κ2) is 6.64. The fourth-order valence-corrected chi connectivity index (χ4v) is 3.01. The number of hydrogen-bond donors (Lipinski definition) is 0. The summed E-state index contributed by atoms with van der Waals surface area (Å²) in [5.41, 5.74) is 1.58. The Hall–Kier alpha value is -2.00. The summed E-state index contributed by atoms with van der Waals surface area (Å²) in [7, 11) is 0. The van der Waals surface area contributed by atoms with Crippen LogP contribution in [0.4, 0.5) is 0 Å². The van der Waals surface area contributed by atoms with Crippen molar-refractivity contribution in [2.45, 2.75) is 45.4 Å². The minimum Gasteiger partial charge on any atom is -0.353 e. The molecule has 0 saturated heterocycles. The van der Waals surface area contributed by atoms with Gasteiger partial charge in [0.2, 0.25) is 11.5 Å². The fourth-order valence-electron chi connectivity index (χ4n) is 2.18. The maximum absolute atomic E-state index is 12.4. The van der Waals surface area contributed by atoms with E-state index < -0.39 is 5.92 Å². The molecule has 2 aromatic rings. The molecule has 0 fully saturated rings. The number of aromatic nitrogens is 2. The zero-order valence-corrected chi connectivity index (χ0v) is 13.1. The lowest BCUT2D eigenvalue weighted by Crippen LogP contribution is -2.10. The quantitative estimate of drug-likeness (QED) is 0.757. The van der Waals surface area contributed by atoms with Gasteiger partial charge in [-0.15, -0.1) is 11.3 Å². The highest BCUT2D eigenvalue weighted by Crippen LogP contribution is 2.27. The van der Waals surface area contributed by atoms with Gasteiger partial charge in [-0.2, -0.15) is 5.26 Å². The van der Waals surface area contributed by atoms with Crippen LogP contribution in [0.5, 0.6) is 0 Å². The Labute approximate surface area is 127 Å². The van der Waals surface area contributed by atoms with Crippen LogP contribution in [0, 0.1) is 18.3 Å². The van der Waals surface area contributed by atoms with Crippen LogP contribution >= 0.6 is 11.3 Å². The molecule has 0 amide bonds. The molecule has 0 radical (unpaired) electrons. The van der Waals surface area contributed by atoms with Crippen molar-refractivity contribution in [2.75, 3.05) is 0 Å². The number of carbonyl (C=O) groups excluding carboxylic acids is 1. The van der Waals surface area contributed by atoms with E-state index in [1.807, 2.05) is 18.4 Å². The second-order valence-electron chi connectivity index (χ2n) is 4.88. The van der Waals surface area contributed by atoms with Gasteiger partial charge >= 0.3 is 0 Å². The van der Waals surface area contributed by atoms with Gasteiger partial charge in [0.15, 0.2) is 5.92 Å². The number of aryl methyl sites for hydroxylation is 1. The van der Waals surface area contributed by atoms with Gasteiger partial charge in [0.1, 0.15) is 5.01 Å². The van der Waals surface area contributed by atoms with E-state index in [2.05, 4.69) is 24.0 Å². The molecule has 1 unspecified atom stereocenters. The maximum Gasteiger partial charge on any atom is 0.224 e. The van der Waals surface area contributed by atoms with Crippen LogP contribution in [-0.4, -0.2) is 15.9 Å². The van der Waals surface area contributed by atoms with E-state index in [4.69, 9.17) is 4.52 Å². The van der Waals surface area contributed by atoms with Crippen LogP contribution in [0.25, 0.3) is 0 Å². The molecular formula is C15H17N3O2S. The molecule has 6 heteroatoms. The molecular weight excluding hydrogens is 286 g/mol. The number of carbonyl (C=O) groups is 1. The summed E-state index contributed by atoms with van der Waals surface area (Å²) in [4.78, 5) is 16.6. The van der Waals surface area contributed by atoms with Crippen molar-refractivity contribution in [1.82, 2.24) is 10.1 Å². The molecule has 0 aliphatic carbocycles. The Kier molecular flexibility index (Phi) is 4.86. The third-order valence-electron chi connectivity index (χ3n) is 3.45. The third-order valence-corrected chi connectivity index (χ3v) is 4.48. The SMILES string of the molecule is CCC(CC)c1cc(C(=O)C(C#N)c2nc(C)cs2)on1. The van der Waals surface area contributed by atoms with Gasteiger partial charge < -0.3 is 4.52 Å². The highest BCUT2D eigenvalue weighted by atomic mass is 32.1. The monoisotopic (exact) mass is 303 g/mol. The molecule has 0 aromatic carbocycles. The van der Waals surface area contributed by atoms with Crippen LogP contribution in [-0.2, 0) is 0 Å². The van der Waals surface area contributed by atoms with Crippen LogP contribution in [0.2, 0.25) is 0 Å². The first-order valence-electron chi connectivity index (χ1n) is 6.93. The van der Waals surface area contributed by atoms with Gasteiger partial charge in [-0.1, -0.05) is 19.0 Å². The first-order chi connectivity index (χ1) is 10.1. The molecule has 1 atom stereocenters. The van der Waals surface area contributed by atoms with E-state index in [9.17, 15) is 10.1 Å². The van der Waals surface area contributed by atoms with Crippen LogP contribution < -0.4 is 0 Å². The number of thiazole rings is 1. The summed E-state index contributed by atoms with van der Waals surface area (Å²) in [6.45, 7) is 5.97. The summed E-state index contributed by atoms with van der Waals surface area (Å²) < 4.78 is 5.15. The van der Waals surface area contributed by atoms with E-state index >= 15 is 0 Å². The van der Waals surface area contributed by atoms with Gasteiger partial charge in [-0.25, -0.2) is 4.98 Å². The van der Waals surface area contributed by atoms with E-state index in [1.165, 1.54) is 11.3 Å². The standard InChI is InChI=1S/C15H17N3O2S/c1-4-10(5-2)12-6-13(20-18-12)14(19)11(7-16)15-17-9(3)8-21-15/h6,8,10-11H,4-5H2,1-3H3. The molecule has 110 valence electrons. The van der Waals surface area contributed by atoms with Gasteiger partial charge in [-0.05, 0) is 19.8 Å². The number of Topliss-reactive ketones (excluding diaryl/α,β-unsaturated/α-hetero) is 1. The van der Waals surface area contributed by atoms with Crippen molar-refractivity contribution in [2.24, 2.45) is 0 Å². The Morgan fingerprint density at radius 2 is 2.19 bits per heavy atom. The van der Waals surface area contributed by atoms with Crippen molar-refractivity contribution >= 4 is 17.1 Å². The van der Waals surface area contributed by atoms with E-state index in [-0.39, 0.29) is 17.5 Å². The molecule has 0 N–H and O–H groups in total.